The Morgan fingerprint density at radius 2 is 1.96 bits per heavy atom. The van der Waals surface area contributed by atoms with Crippen molar-refractivity contribution in [1.29, 1.82) is 0 Å². The fraction of sp³-hybridized carbons (Fsp3) is 0.562. The number of alkyl halides is 3. The van der Waals surface area contributed by atoms with Crippen LogP contribution in [-0.4, -0.2) is 24.4 Å². The van der Waals surface area contributed by atoms with E-state index in [0.29, 0.717) is 18.0 Å². The van der Waals surface area contributed by atoms with E-state index in [4.69, 9.17) is 5.73 Å². The van der Waals surface area contributed by atoms with Crippen LogP contribution in [0.25, 0.3) is 0 Å². The molecule has 1 amide bonds. The average Bonchev–Trinajstić information content (AvgIpc) is 3.29. The molecule has 1 saturated carbocycles. The molecule has 0 heterocycles. The van der Waals surface area contributed by atoms with E-state index in [0.717, 1.165) is 12.8 Å². The average molecular weight is 367 g/mol. The number of aryl methyl sites for hydroxylation is 1. The fourth-order valence-corrected chi connectivity index (χ4v) is 2.60. The van der Waals surface area contributed by atoms with Gasteiger partial charge in [-0.15, -0.1) is 25.6 Å². The molecule has 0 radical (unpaired) electrons. The van der Waals surface area contributed by atoms with Crippen LogP contribution in [0.4, 0.5) is 13.2 Å². The van der Waals surface area contributed by atoms with Crippen LogP contribution in [0.2, 0.25) is 0 Å². The minimum absolute atomic E-state index is 0. The summed E-state index contributed by atoms with van der Waals surface area (Å²) in [5.74, 6) is -0.0967. The summed E-state index contributed by atoms with van der Waals surface area (Å²) in [6.07, 6.45) is -2.42. The molecule has 1 aliphatic carbocycles. The van der Waals surface area contributed by atoms with Gasteiger partial charge >= 0.3 is 6.36 Å². The van der Waals surface area contributed by atoms with Crippen LogP contribution in [0.1, 0.15) is 31.7 Å². The van der Waals surface area contributed by atoms with Gasteiger partial charge in [0.2, 0.25) is 5.91 Å². The summed E-state index contributed by atoms with van der Waals surface area (Å²) in [5.41, 5.74) is 5.65. The molecule has 1 atom stereocenters. The predicted octanol–water partition coefficient (Wildman–Crippen LogP) is 3.18. The Hall–Kier alpha value is -1.47. The van der Waals surface area contributed by atoms with Crippen molar-refractivity contribution in [3.05, 3.63) is 29.8 Å². The lowest BCUT2D eigenvalue weighted by Crippen LogP contribution is -2.53. The van der Waals surface area contributed by atoms with Gasteiger partial charge in [0.15, 0.2) is 0 Å². The van der Waals surface area contributed by atoms with Crippen molar-refractivity contribution in [2.45, 2.75) is 44.5 Å². The van der Waals surface area contributed by atoms with Crippen LogP contribution in [0.5, 0.6) is 5.75 Å². The summed E-state index contributed by atoms with van der Waals surface area (Å²) in [6, 6.07) is 5.85. The Balaban J connectivity index is 0.00000288. The molecule has 0 aromatic heterocycles. The maximum Gasteiger partial charge on any atom is 0.573 e. The van der Waals surface area contributed by atoms with Crippen molar-refractivity contribution in [3.63, 3.8) is 0 Å². The van der Waals surface area contributed by atoms with Gasteiger partial charge in [-0.2, -0.15) is 0 Å². The SMILES string of the molecule is CC(CN)(NC(=O)CCc1ccccc1OC(F)(F)F)C1CC1.Cl. The molecule has 1 aromatic rings. The summed E-state index contributed by atoms with van der Waals surface area (Å²) in [5, 5.41) is 2.92. The molecule has 0 spiro atoms. The van der Waals surface area contributed by atoms with E-state index in [-0.39, 0.29) is 36.9 Å². The van der Waals surface area contributed by atoms with Gasteiger partial charge in [-0.1, -0.05) is 18.2 Å². The second-order valence-electron chi connectivity index (χ2n) is 6.10. The molecule has 8 heteroatoms. The number of carbonyl (C=O) groups excluding carboxylic acids is 1. The van der Waals surface area contributed by atoms with Crippen molar-refractivity contribution < 1.29 is 22.7 Å². The Bertz CT molecular complexity index is 564. The highest BCUT2D eigenvalue weighted by Crippen LogP contribution is 2.39. The number of amides is 1. The first-order valence-corrected chi connectivity index (χ1v) is 7.58. The van der Waals surface area contributed by atoms with Gasteiger partial charge in [-0.05, 0) is 43.7 Å². The van der Waals surface area contributed by atoms with Gasteiger partial charge in [0, 0.05) is 13.0 Å². The maximum atomic E-state index is 12.4. The minimum Gasteiger partial charge on any atom is -0.406 e. The molecule has 136 valence electrons. The van der Waals surface area contributed by atoms with Gasteiger partial charge in [0.1, 0.15) is 5.75 Å². The third-order valence-electron chi connectivity index (χ3n) is 4.15. The highest BCUT2D eigenvalue weighted by Gasteiger charge is 2.41. The smallest absolute Gasteiger partial charge is 0.406 e. The number of hydrogen-bond acceptors (Lipinski definition) is 3. The number of hydrogen-bond donors (Lipinski definition) is 2. The molecule has 1 aliphatic rings. The first kappa shape index (κ1) is 20.6. The number of carbonyl (C=O) groups is 1. The zero-order chi connectivity index (χ0) is 17.1. The van der Waals surface area contributed by atoms with Gasteiger partial charge in [-0.25, -0.2) is 0 Å². The maximum absolute atomic E-state index is 12.4. The van der Waals surface area contributed by atoms with E-state index < -0.39 is 11.9 Å². The highest BCUT2D eigenvalue weighted by atomic mass is 35.5. The van der Waals surface area contributed by atoms with Crippen LogP contribution in [0.15, 0.2) is 24.3 Å². The van der Waals surface area contributed by atoms with Crippen molar-refractivity contribution in [3.8, 4) is 5.75 Å². The Kier molecular flexibility index (Phi) is 6.92. The largest absolute Gasteiger partial charge is 0.573 e. The lowest BCUT2D eigenvalue weighted by atomic mass is 9.95. The normalized spacial score (nSPS) is 16.7. The van der Waals surface area contributed by atoms with Crippen molar-refractivity contribution >= 4 is 18.3 Å². The Morgan fingerprint density at radius 1 is 1.33 bits per heavy atom. The number of rotatable bonds is 7. The lowest BCUT2D eigenvalue weighted by Gasteiger charge is -2.29. The molecule has 0 aliphatic heterocycles. The number of halogens is 4. The lowest BCUT2D eigenvalue weighted by molar-refractivity contribution is -0.274. The molecule has 1 unspecified atom stereocenters. The van der Waals surface area contributed by atoms with Crippen LogP contribution < -0.4 is 15.8 Å². The van der Waals surface area contributed by atoms with E-state index >= 15 is 0 Å². The zero-order valence-electron chi connectivity index (χ0n) is 13.4. The van der Waals surface area contributed by atoms with E-state index in [1.165, 1.54) is 18.2 Å². The summed E-state index contributed by atoms with van der Waals surface area (Å²) < 4.78 is 41.1. The molecule has 0 bridgehead atoms. The molecular weight excluding hydrogens is 345 g/mol. The van der Waals surface area contributed by atoms with E-state index in [9.17, 15) is 18.0 Å². The quantitative estimate of drug-likeness (QED) is 0.779. The van der Waals surface area contributed by atoms with Crippen molar-refractivity contribution in [2.75, 3.05) is 6.54 Å². The fourth-order valence-electron chi connectivity index (χ4n) is 2.60. The monoisotopic (exact) mass is 366 g/mol. The molecule has 0 saturated heterocycles. The number of nitrogens with one attached hydrogen (secondary N) is 1. The van der Waals surface area contributed by atoms with E-state index in [2.05, 4.69) is 10.1 Å². The molecular formula is C16H22ClF3N2O2. The standard InChI is InChI=1S/C16H21F3N2O2.ClH/c1-15(10-20,12-7-8-12)21-14(22)9-6-11-4-2-3-5-13(11)23-16(17,18)19;/h2-5,12H,6-10,20H2,1H3,(H,21,22);1H. The van der Waals surface area contributed by atoms with Gasteiger partial charge < -0.3 is 15.8 Å². The molecule has 3 N–H and O–H groups in total. The molecule has 2 rings (SSSR count). The molecule has 24 heavy (non-hydrogen) atoms. The minimum atomic E-state index is -4.75. The number of ether oxygens (including phenoxy) is 1. The van der Waals surface area contributed by atoms with Crippen molar-refractivity contribution in [2.24, 2.45) is 11.7 Å². The number of benzene rings is 1. The number of para-hydroxylation sites is 1. The summed E-state index contributed by atoms with van der Waals surface area (Å²) in [7, 11) is 0. The third-order valence-corrected chi connectivity index (χ3v) is 4.15. The summed E-state index contributed by atoms with van der Waals surface area (Å²) in [4.78, 5) is 12.1. The van der Waals surface area contributed by atoms with E-state index in [1.54, 1.807) is 6.07 Å². The third kappa shape index (κ3) is 5.87. The first-order chi connectivity index (χ1) is 10.7. The highest BCUT2D eigenvalue weighted by molar-refractivity contribution is 5.85. The molecule has 4 nitrogen and oxygen atoms in total. The Labute approximate surface area is 145 Å². The van der Waals surface area contributed by atoms with Gasteiger partial charge in [0.05, 0.1) is 5.54 Å². The second-order valence-corrected chi connectivity index (χ2v) is 6.10. The van der Waals surface area contributed by atoms with Gasteiger partial charge in [-0.3, -0.25) is 4.79 Å². The summed E-state index contributed by atoms with van der Waals surface area (Å²) in [6.45, 7) is 2.25. The van der Waals surface area contributed by atoms with E-state index in [1.807, 2.05) is 6.92 Å². The van der Waals surface area contributed by atoms with Crippen LogP contribution in [-0.2, 0) is 11.2 Å². The molecule has 1 fully saturated rings. The topological polar surface area (TPSA) is 64.3 Å². The first-order valence-electron chi connectivity index (χ1n) is 7.58. The van der Waals surface area contributed by atoms with Crippen LogP contribution in [0.3, 0.4) is 0 Å². The Morgan fingerprint density at radius 3 is 2.50 bits per heavy atom. The van der Waals surface area contributed by atoms with Gasteiger partial charge in [0.25, 0.3) is 0 Å². The number of nitrogens with two attached hydrogens (primary N) is 1. The van der Waals surface area contributed by atoms with Crippen LogP contribution >= 0.6 is 12.4 Å². The zero-order valence-corrected chi connectivity index (χ0v) is 14.2. The van der Waals surface area contributed by atoms with Crippen LogP contribution in [0, 0.1) is 5.92 Å². The summed E-state index contributed by atoms with van der Waals surface area (Å²) >= 11 is 0. The molecule has 1 aromatic carbocycles. The second kappa shape index (κ2) is 8.07. The van der Waals surface area contributed by atoms with Crippen molar-refractivity contribution in [1.82, 2.24) is 5.32 Å². The predicted molar refractivity (Wildman–Crippen MR) is 87.0 cm³/mol.